The third-order valence-electron chi connectivity index (χ3n) is 5.22. The highest BCUT2D eigenvalue weighted by Crippen LogP contribution is 2.22. The molecule has 0 aliphatic carbocycles. The number of aryl methyl sites for hydroxylation is 1. The molecule has 0 N–H and O–H groups in total. The van der Waals surface area contributed by atoms with Crippen molar-refractivity contribution in [3.8, 4) is 0 Å². The first-order valence-electron chi connectivity index (χ1n) is 9.36. The molecule has 3 heterocycles. The number of carbonyl (C=O) groups excluding carboxylic acids is 2. The average molecular weight is 387 g/mol. The molecule has 9 nitrogen and oxygen atoms in total. The number of aromatic nitrogens is 2. The van der Waals surface area contributed by atoms with Gasteiger partial charge in [0.2, 0.25) is 11.9 Å². The van der Waals surface area contributed by atoms with Gasteiger partial charge in [0.1, 0.15) is 5.69 Å². The van der Waals surface area contributed by atoms with Crippen molar-refractivity contribution in [3.05, 3.63) is 29.6 Å². The van der Waals surface area contributed by atoms with Crippen molar-refractivity contribution >= 4 is 23.7 Å². The molecule has 0 aromatic carbocycles. The molecule has 1 aromatic rings. The number of fused-ring (bicyclic) bond motifs is 1. The molecule has 0 radical (unpaired) electrons. The second kappa shape index (κ2) is 7.67. The van der Waals surface area contributed by atoms with Crippen LogP contribution >= 0.6 is 0 Å². The van der Waals surface area contributed by atoms with Crippen LogP contribution in [0.25, 0.3) is 0 Å². The van der Waals surface area contributed by atoms with Gasteiger partial charge in [-0.15, -0.1) is 9.78 Å². The fourth-order valence-electron chi connectivity index (χ4n) is 3.42. The average Bonchev–Trinajstić information content (AvgIpc) is 3.16. The van der Waals surface area contributed by atoms with Crippen molar-refractivity contribution in [2.75, 3.05) is 33.4 Å². The molecule has 1 unspecified atom stereocenters. The van der Waals surface area contributed by atoms with Crippen LogP contribution in [0.5, 0.6) is 0 Å². The van der Waals surface area contributed by atoms with Crippen molar-refractivity contribution in [3.63, 3.8) is 0 Å². The quantitative estimate of drug-likeness (QED) is 0.413. The summed E-state index contributed by atoms with van der Waals surface area (Å²) in [6, 6.07) is -1.09. The molecular weight excluding hydrogens is 360 g/mol. The highest BCUT2D eigenvalue weighted by Gasteiger charge is 2.52. The second-order valence-corrected chi connectivity index (χ2v) is 6.85. The second-order valence-electron chi connectivity index (χ2n) is 6.85. The third-order valence-corrected chi connectivity index (χ3v) is 5.22. The number of nitrogens with zero attached hydrogens (tertiary/aromatic N) is 6. The van der Waals surface area contributed by atoms with Crippen molar-refractivity contribution in [2.45, 2.75) is 33.7 Å². The maximum atomic E-state index is 13.2. The van der Waals surface area contributed by atoms with Gasteiger partial charge in [-0.3, -0.25) is 14.6 Å². The Morgan fingerprint density at radius 2 is 2.00 bits per heavy atom. The normalized spacial score (nSPS) is 19.5. The lowest BCUT2D eigenvalue weighted by Gasteiger charge is -2.33. The Morgan fingerprint density at radius 1 is 1.29 bits per heavy atom. The van der Waals surface area contributed by atoms with E-state index in [2.05, 4.69) is 16.7 Å². The van der Waals surface area contributed by atoms with Gasteiger partial charge in [0.15, 0.2) is 0 Å². The molecule has 1 fully saturated rings. The molecule has 1 saturated heterocycles. The summed E-state index contributed by atoms with van der Waals surface area (Å²) >= 11 is 0. The molecular formula is C19H27N6O3+. The molecule has 2 aliphatic heterocycles. The van der Waals surface area contributed by atoms with Gasteiger partial charge >= 0.3 is 12.0 Å². The van der Waals surface area contributed by atoms with Crippen molar-refractivity contribution in [1.82, 2.24) is 19.6 Å². The van der Waals surface area contributed by atoms with Gasteiger partial charge in [-0.2, -0.15) is 0 Å². The summed E-state index contributed by atoms with van der Waals surface area (Å²) in [4.78, 5) is 33.2. The Kier molecular flexibility index (Phi) is 5.46. The van der Waals surface area contributed by atoms with E-state index in [0.29, 0.717) is 31.6 Å². The van der Waals surface area contributed by atoms with E-state index in [9.17, 15) is 9.59 Å². The molecule has 0 bridgehead atoms. The molecule has 150 valence electrons. The largest absolute Gasteiger partial charge is 0.421 e. The predicted molar refractivity (Wildman–Crippen MR) is 105 cm³/mol. The van der Waals surface area contributed by atoms with Crippen LogP contribution in [-0.4, -0.2) is 87.3 Å². The van der Waals surface area contributed by atoms with E-state index < -0.39 is 12.1 Å². The first kappa shape index (κ1) is 19.9. The van der Waals surface area contributed by atoms with Gasteiger partial charge in [0.25, 0.3) is 5.91 Å². The molecule has 1 aromatic heterocycles. The van der Waals surface area contributed by atoms with E-state index >= 15 is 0 Å². The topological polar surface area (TPSA) is 83.0 Å². The summed E-state index contributed by atoms with van der Waals surface area (Å²) in [6.07, 6.45) is 1.71. The van der Waals surface area contributed by atoms with E-state index in [0.717, 1.165) is 17.0 Å². The Balaban J connectivity index is 2.07. The fraction of sp³-hybridized carbons (Fsp3) is 0.526. The predicted octanol–water partition coefficient (Wildman–Crippen LogP) is 0.922. The highest BCUT2D eigenvalue weighted by atomic mass is 16.5. The minimum atomic E-state index is -0.693. The van der Waals surface area contributed by atoms with E-state index in [1.165, 1.54) is 9.80 Å². The van der Waals surface area contributed by atoms with Crippen LogP contribution in [0.2, 0.25) is 0 Å². The van der Waals surface area contributed by atoms with Gasteiger partial charge in [-0.05, 0) is 27.7 Å². The van der Waals surface area contributed by atoms with Crippen LogP contribution in [0.3, 0.4) is 0 Å². The van der Waals surface area contributed by atoms with Crippen LogP contribution in [0.4, 0.5) is 4.79 Å². The number of likely N-dealkylation sites (N-methyl/N-ethyl adjacent to an activating group) is 1. The van der Waals surface area contributed by atoms with Crippen LogP contribution in [0.1, 0.15) is 23.9 Å². The first-order valence-corrected chi connectivity index (χ1v) is 9.36. The number of carbonyl (C=O) groups is 2. The SMILES string of the molecule is C=CC[N+]1=C(n2nc(C)c(C)c2C)N=C2C1C(=O)N(CCOCC)C(=O)N2C. The smallest absolute Gasteiger partial charge is 0.380 e. The minimum absolute atomic E-state index is 0.204. The molecule has 1 atom stereocenters. The minimum Gasteiger partial charge on any atom is -0.380 e. The zero-order valence-electron chi connectivity index (χ0n) is 17.1. The van der Waals surface area contributed by atoms with Crippen LogP contribution < -0.4 is 0 Å². The number of rotatable bonds is 6. The first-order chi connectivity index (χ1) is 13.3. The summed E-state index contributed by atoms with van der Waals surface area (Å²) in [5, 5.41) is 4.58. The molecule has 3 amide bonds. The fourth-order valence-corrected chi connectivity index (χ4v) is 3.42. The Bertz CT molecular complexity index is 898. The lowest BCUT2D eigenvalue weighted by molar-refractivity contribution is -0.527. The number of hydrogen-bond acceptors (Lipinski definition) is 5. The number of imide groups is 1. The van der Waals surface area contributed by atoms with Gasteiger partial charge in [0, 0.05) is 19.2 Å². The third kappa shape index (κ3) is 3.05. The molecule has 0 spiro atoms. The Labute approximate surface area is 164 Å². The van der Waals surface area contributed by atoms with Crippen molar-refractivity contribution in [1.29, 1.82) is 0 Å². The van der Waals surface area contributed by atoms with Gasteiger partial charge in [0.05, 0.1) is 25.4 Å². The molecule has 28 heavy (non-hydrogen) atoms. The number of amidine groups is 1. The summed E-state index contributed by atoms with van der Waals surface area (Å²) < 4.78 is 8.90. The van der Waals surface area contributed by atoms with E-state index in [1.807, 2.05) is 32.3 Å². The molecule has 0 saturated carbocycles. The van der Waals surface area contributed by atoms with Crippen molar-refractivity contribution in [2.24, 2.45) is 4.99 Å². The van der Waals surface area contributed by atoms with Crippen LogP contribution in [0, 0.1) is 20.8 Å². The van der Waals surface area contributed by atoms with Crippen molar-refractivity contribution < 1.29 is 18.9 Å². The summed E-state index contributed by atoms with van der Waals surface area (Å²) in [5.74, 6) is 0.620. The lowest BCUT2D eigenvalue weighted by atomic mass is 10.1. The zero-order valence-corrected chi connectivity index (χ0v) is 17.1. The van der Waals surface area contributed by atoms with E-state index in [4.69, 9.17) is 4.74 Å². The maximum Gasteiger partial charge on any atom is 0.421 e. The lowest BCUT2D eigenvalue weighted by Crippen LogP contribution is -2.63. The number of amides is 3. The van der Waals surface area contributed by atoms with Crippen LogP contribution in [0.15, 0.2) is 17.6 Å². The Hall–Kier alpha value is -2.81. The van der Waals surface area contributed by atoms with Gasteiger partial charge in [-0.25, -0.2) is 9.37 Å². The zero-order chi connectivity index (χ0) is 20.6. The summed E-state index contributed by atoms with van der Waals surface area (Å²) in [7, 11) is 1.63. The summed E-state index contributed by atoms with van der Waals surface area (Å²) in [5.41, 5.74) is 2.90. The monoisotopic (exact) mass is 387 g/mol. The number of urea groups is 1. The molecule has 3 rings (SSSR count). The highest BCUT2D eigenvalue weighted by molar-refractivity contribution is 6.23. The molecule has 9 heteroatoms. The number of aliphatic imine (C=N–C) groups is 1. The maximum absolute atomic E-state index is 13.2. The standard InChI is InChI=1S/C19H27N6O3/c1-7-9-23-15-16(20-18(23)25-14(5)12(3)13(4)21-25)22(6)19(27)24(17(15)26)10-11-28-8-2/h7,15H,1,8-11H2,2-6H3/q+1. The molecule has 2 aliphatic rings. The van der Waals surface area contributed by atoms with Crippen LogP contribution in [-0.2, 0) is 9.53 Å². The van der Waals surface area contributed by atoms with E-state index in [-0.39, 0.29) is 12.5 Å². The number of hydrogen-bond donors (Lipinski definition) is 0. The van der Waals surface area contributed by atoms with Gasteiger partial charge < -0.3 is 4.74 Å². The number of ether oxygens (including phenoxy) is 1. The summed E-state index contributed by atoms with van der Waals surface area (Å²) in [6.45, 7) is 13.0. The van der Waals surface area contributed by atoms with Gasteiger partial charge in [-0.1, -0.05) is 17.6 Å². The van der Waals surface area contributed by atoms with E-state index in [1.54, 1.807) is 17.8 Å². The Morgan fingerprint density at radius 3 is 2.57 bits per heavy atom.